The molecule has 0 aliphatic rings. The Morgan fingerprint density at radius 1 is 1.03 bits per heavy atom. The van der Waals surface area contributed by atoms with Crippen molar-refractivity contribution in [1.29, 1.82) is 0 Å². The highest BCUT2D eigenvalue weighted by Gasteiger charge is 2.31. The molecule has 0 fully saturated rings. The number of carbonyl (C=O) groups is 2. The zero-order chi connectivity index (χ0) is 24.1. The van der Waals surface area contributed by atoms with Gasteiger partial charge in [-0.3, -0.25) is 13.9 Å². The maximum atomic E-state index is 13.4. The Labute approximate surface area is 204 Å². The molecule has 0 aliphatic heterocycles. The van der Waals surface area contributed by atoms with E-state index < -0.39 is 34.1 Å². The van der Waals surface area contributed by atoms with Crippen molar-refractivity contribution in [3.05, 3.63) is 63.7 Å². The Morgan fingerprint density at radius 3 is 2.09 bits per heavy atom. The largest absolute Gasteiger partial charge is 0.350 e. The summed E-state index contributed by atoms with van der Waals surface area (Å²) in [6.45, 7) is 7.02. The normalized spacial score (nSPS) is 12.7. The summed E-state index contributed by atoms with van der Waals surface area (Å²) in [5.41, 5.74) is 0.774. The maximum absolute atomic E-state index is 13.4. The van der Waals surface area contributed by atoms with Crippen LogP contribution in [0.25, 0.3) is 0 Å². The van der Waals surface area contributed by atoms with Crippen molar-refractivity contribution in [3.8, 4) is 0 Å². The van der Waals surface area contributed by atoms with Crippen LogP contribution in [0, 0.1) is 3.57 Å². The molecule has 0 radical (unpaired) electrons. The molecule has 32 heavy (non-hydrogen) atoms. The van der Waals surface area contributed by atoms with Crippen LogP contribution in [-0.4, -0.2) is 49.5 Å². The topological polar surface area (TPSA) is 86.8 Å². The monoisotopic (exact) mass is 571 g/mol. The lowest BCUT2D eigenvalue weighted by Gasteiger charge is -2.33. The van der Waals surface area contributed by atoms with E-state index in [1.54, 1.807) is 31.2 Å². The van der Waals surface area contributed by atoms with E-state index >= 15 is 0 Å². The van der Waals surface area contributed by atoms with Crippen LogP contribution in [-0.2, 0) is 26.2 Å². The molecule has 9 heteroatoms. The Morgan fingerprint density at radius 2 is 1.59 bits per heavy atom. The van der Waals surface area contributed by atoms with Crippen molar-refractivity contribution in [2.45, 2.75) is 45.8 Å². The van der Waals surface area contributed by atoms with Crippen molar-refractivity contribution in [1.82, 2.24) is 10.2 Å². The number of nitrogens with one attached hydrogen (secondary N) is 1. The van der Waals surface area contributed by atoms with Crippen LogP contribution < -0.4 is 9.62 Å². The van der Waals surface area contributed by atoms with Gasteiger partial charge < -0.3 is 10.2 Å². The van der Waals surface area contributed by atoms with Crippen LogP contribution >= 0.6 is 22.6 Å². The van der Waals surface area contributed by atoms with Gasteiger partial charge in [-0.15, -0.1) is 0 Å². The summed E-state index contributed by atoms with van der Waals surface area (Å²) in [5.74, 6) is -0.767. The molecule has 7 nitrogen and oxygen atoms in total. The van der Waals surface area contributed by atoms with Gasteiger partial charge in [-0.2, -0.15) is 0 Å². The van der Waals surface area contributed by atoms with Crippen LogP contribution in [0.5, 0.6) is 0 Å². The number of carbonyl (C=O) groups excluding carboxylic acids is 2. The van der Waals surface area contributed by atoms with Crippen molar-refractivity contribution < 1.29 is 18.0 Å². The van der Waals surface area contributed by atoms with Crippen molar-refractivity contribution >= 4 is 50.1 Å². The predicted octanol–water partition coefficient (Wildman–Crippen LogP) is 3.39. The van der Waals surface area contributed by atoms with Crippen molar-refractivity contribution in [2.75, 3.05) is 17.1 Å². The zero-order valence-electron chi connectivity index (χ0n) is 19.0. The van der Waals surface area contributed by atoms with Gasteiger partial charge in [0.25, 0.3) is 0 Å². The number of nitrogens with zero attached hydrogens (tertiary/aromatic N) is 2. The van der Waals surface area contributed by atoms with E-state index in [2.05, 4.69) is 27.9 Å². The van der Waals surface area contributed by atoms with E-state index in [-0.39, 0.29) is 12.5 Å². The highest BCUT2D eigenvalue weighted by molar-refractivity contribution is 14.1. The second-order valence-corrected chi connectivity index (χ2v) is 11.8. The summed E-state index contributed by atoms with van der Waals surface area (Å²) >= 11 is 2.13. The van der Waals surface area contributed by atoms with Crippen LogP contribution in [0.3, 0.4) is 0 Å². The van der Waals surface area contributed by atoms with E-state index in [0.29, 0.717) is 5.69 Å². The Bertz CT molecular complexity index is 1040. The van der Waals surface area contributed by atoms with Crippen molar-refractivity contribution in [3.63, 3.8) is 0 Å². The molecule has 0 saturated heterocycles. The minimum absolute atomic E-state index is 0.183. The van der Waals surface area contributed by atoms with Gasteiger partial charge in [0, 0.05) is 15.7 Å². The lowest BCUT2D eigenvalue weighted by atomic mass is 10.1. The molecule has 0 heterocycles. The van der Waals surface area contributed by atoms with Crippen LogP contribution in [0.15, 0.2) is 54.6 Å². The second kappa shape index (κ2) is 10.7. The third kappa shape index (κ3) is 7.77. The van der Waals surface area contributed by atoms with Gasteiger partial charge in [0.2, 0.25) is 21.8 Å². The molecule has 0 unspecified atom stereocenters. The Kier molecular flexibility index (Phi) is 8.69. The zero-order valence-corrected chi connectivity index (χ0v) is 22.0. The van der Waals surface area contributed by atoms with Gasteiger partial charge in [0.1, 0.15) is 12.6 Å². The first-order chi connectivity index (χ1) is 14.8. The standard InChI is InChI=1S/C23H30IN3O4S/c1-17(22(29)25-23(2,3)4)26(15-18-9-7-6-8-10-18)21(28)16-27(32(5,30)31)20-13-11-19(24)12-14-20/h6-14,17H,15-16H2,1-5H3,(H,25,29)/t17-/m0/s1. The van der Waals surface area contributed by atoms with E-state index in [9.17, 15) is 18.0 Å². The predicted molar refractivity (Wildman–Crippen MR) is 136 cm³/mol. The lowest BCUT2D eigenvalue weighted by Crippen LogP contribution is -2.54. The number of rotatable bonds is 8. The number of benzene rings is 2. The van der Waals surface area contributed by atoms with Crippen LogP contribution in [0.1, 0.15) is 33.3 Å². The summed E-state index contributed by atoms with van der Waals surface area (Å²) in [6.07, 6.45) is 1.07. The van der Waals surface area contributed by atoms with Crippen molar-refractivity contribution in [2.24, 2.45) is 0 Å². The van der Waals surface area contributed by atoms with E-state index in [1.807, 2.05) is 51.1 Å². The van der Waals surface area contributed by atoms with Gasteiger partial charge in [-0.25, -0.2) is 8.42 Å². The Balaban J connectivity index is 2.36. The highest BCUT2D eigenvalue weighted by Crippen LogP contribution is 2.20. The maximum Gasteiger partial charge on any atom is 0.244 e. The summed E-state index contributed by atoms with van der Waals surface area (Å²) in [7, 11) is -3.72. The SMILES string of the molecule is C[C@@H](C(=O)NC(C)(C)C)N(Cc1ccccc1)C(=O)CN(c1ccc(I)cc1)S(C)(=O)=O. The minimum Gasteiger partial charge on any atom is -0.350 e. The molecule has 2 aromatic rings. The first-order valence-electron chi connectivity index (χ1n) is 10.2. The quantitative estimate of drug-likeness (QED) is 0.493. The molecular weight excluding hydrogens is 541 g/mol. The summed E-state index contributed by atoms with van der Waals surface area (Å²) in [5, 5.41) is 2.90. The van der Waals surface area contributed by atoms with E-state index in [1.165, 1.54) is 4.90 Å². The molecule has 2 aromatic carbocycles. The van der Waals surface area contributed by atoms with Gasteiger partial charge in [0.15, 0.2) is 0 Å². The minimum atomic E-state index is -3.72. The molecule has 1 N–H and O–H groups in total. The average molecular weight is 571 g/mol. The average Bonchev–Trinajstić information content (AvgIpc) is 2.69. The number of amides is 2. The molecule has 0 bridgehead atoms. The fourth-order valence-corrected chi connectivity index (χ4v) is 4.27. The highest BCUT2D eigenvalue weighted by atomic mass is 127. The van der Waals surface area contributed by atoms with Crippen LogP contribution in [0.4, 0.5) is 5.69 Å². The summed E-state index contributed by atoms with van der Waals surface area (Å²) in [6, 6.07) is 15.4. The number of hydrogen-bond acceptors (Lipinski definition) is 4. The van der Waals surface area contributed by atoms with Gasteiger partial charge in [-0.05, 0) is 80.1 Å². The fourth-order valence-electron chi connectivity index (χ4n) is 3.06. The molecule has 2 rings (SSSR count). The Hall–Kier alpha value is -2.14. The van der Waals surface area contributed by atoms with Gasteiger partial charge in [0.05, 0.1) is 11.9 Å². The van der Waals surface area contributed by atoms with Crippen LogP contribution in [0.2, 0.25) is 0 Å². The number of halogens is 1. The number of hydrogen-bond donors (Lipinski definition) is 1. The number of anilines is 1. The fraction of sp³-hybridized carbons (Fsp3) is 0.391. The lowest BCUT2D eigenvalue weighted by molar-refractivity contribution is -0.140. The smallest absolute Gasteiger partial charge is 0.244 e. The number of sulfonamides is 1. The van der Waals surface area contributed by atoms with E-state index in [0.717, 1.165) is 19.7 Å². The molecule has 0 saturated carbocycles. The first-order valence-corrected chi connectivity index (χ1v) is 13.1. The molecule has 0 aromatic heterocycles. The summed E-state index contributed by atoms with van der Waals surface area (Å²) < 4.78 is 27.0. The van der Waals surface area contributed by atoms with Gasteiger partial charge >= 0.3 is 0 Å². The molecule has 174 valence electrons. The first kappa shape index (κ1) is 26.1. The molecule has 1 atom stereocenters. The third-order valence-electron chi connectivity index (χ3n) is 4.66. The third-order valence-corrected chi connectivity index (χ3v) is 6.51. The molecule has 2 amide bonds. The molecule has 0 aliphatic carbocycles. The van der Waals surface area contributed by atoms with Gasteiger partial charge in [-0.1, -0.05) is 30.3 Å². The summed E-state index contributed by atoms with van der Waals surface area (Å²) in [4.78, 5) is 27.7. The molecule has 0 spiro atoms. The molecular formula is C23H30IN3O4S. The second-order valence-electron chi connectivity index (χ2n) is 8.67. The van der Waals surface area contributed by atoms with E-state index in [4.69, 9.17) is 0 Å².